The molecule has 0 saturated heterocycles. The smallest absolute Gasteiger partial charge is 0.0251 e. The summed E-state index contributed by atoms with van der Waals surface area (Å²) in [6, 6.07) is 6.71. The zero-order valence-electron chi connectivity index (χ0n) is 10.1. The molecule has 0 fully saturated rings. The largest absolute Gasteiger partial charge is 0.271 e. The standard InChI is InChI=1S/C13H21ClN2/c1-10-5-3-6-11(2)13(10)9-12(16-15)7-4-8-14/h3,5-6,12,16H,4,7-9,15H2,1-2H3. The molecule has 0 bridgehead atoms. The van der Waals surface area contributed by atoms with Gasteiger partial charge in [0.2, 0.25) is 0 Å². The van der Waals surface area contributed by atoms with Gasteiger partial charge >= 0.3 is 0 Å². The van der Waals surface area contributed by atoms with Crippen molar-refractivity contribution in [3.05, 3.63) is 34.9 Å². The van der Waals surface area contributed by atoms with E-state index in [1.807, 2.05) is 0 Å². The monoisotopic (exact) mass is 240 g/mol. The van der Waals surface area contributed by atoms with Crippen LogP contribution in [0, 0.1) is 13.8 Å². The Labute approximate surface area is 103 Å². The van der Waals surface area contributed by atoms with Gasteiger partial charge in [-0.1, -0.05) is 18.2 Å². The number of benzene rings is 1. The van der Waals surface area contributed by atoms with Crippen molar-refractivity contribution < 1.29 is 0 Å². The number of hydrogen-bond donors (Lipinski definition) is 2. The number of hydrogen-bond acceptors (Lipinski definition) is 2. The van der Waals surface area contributed by atoms with E-state index < -0.39 is 0 Å². The molecule has 0 amide bonds. The van der Waals surface area contributed by atoms with E-state index in [9.17, 15) is 0 Å². The molecule has 1 aromatic rings. The van der Waals surface area contributed by atoms with Crippen LogP contribution in [0.2, 0.25) is 0 Å². The molecule has 0 aliphatic carbocycles. The van der Waals surface area contributed by atoms with Crippen LogP contribution in [0.4, 0.5) is 0 Å². The summed E-state index contributed by atoms with van der Waals surface area (Å²) in [6.07, 6.45) is 3.00. The van der Waals surface area contributed by atoms with Gasteiger partial charge in [0.1, 0.15) is 0 Å². The Morgan fingerprint density at radius 2 is 1.94 bits per heavy atom. The van der Waals surface area contributed by atoms with Crippen LogP contribution in [0.5, 0.6) is 0 Å². The molecule has 0 saturated carbocycles. The summed E-state index contributed by atoms with van der Waals surface area (Å²) in [5.74, 6) is 6.27. The predicted molar refractivity (Wildman–Crippen MR) is 70.7 cm³/mol. The van der Waals surface area contributed by atoms with Gasteiger partial charge in [-0.25, -0.2) is 0 Å². The van der Waals surface area contributed by atoms with Crippen molar-refractivity contribution in [1.82, 2.24) is 5.43 Å². The van der Waals surface area contributed by atoms with Crippen molar-refractivity contribution >= 4 is 11.6 Å². The lowest BCUT2D eigenvalue weighted by Crippen LogP contribution is -2.37. The minimum Gasteiger partial charge on any atom is -0.271 e. The number of halogens is 1. The topological polar surface area (TPSA) is 38.0 Å². The zero-order valence-corrected chi connectivity index (χ0v) is 10.8. The van der Waals surface area contributed by atoms with Gasteiger partial charge in [-0.15, -0.1) is 11.6 Å². The fraction of sp³-hybridized carbons (Fsp3) is 0.538. The van der Waals surface area contributed by atoms with Gasteiger partial charge in [0.05, 0.1) is 0 Å². The molecule has 0 aliphatic rings. The molecule has 0 heterocycles. The molecule has 1 rings (SSSR count). The van der Waals surface area contributed by atoms with Gasteiger partial charge in [-0.3, -0.25) is 11.3 Å². The summed E-state index contributed by atoms with van der Waals surface area (Å²) in [7, 11) is 0. The summed E-state index contributed by atoms with van der Waals surface area (Å²) in [5, 5.41) is 0. The Morgan fingerprint density at radius 1 is 1.31 bits per heavy atom. The molecule has 1 aromatic carbocycles. The van der Waals surface area contributed by atoms with Gasteiger partial charge < -0.3 is 0 Å². The van der Waals surface area contributed by atoms with E-state index in [4.69, 9.17) is 17.4 Å². The van der Waals surface area contributed by atoms with Crippen LogP contribution in [-0.4, -0.2) is 11.9 Å². The van der Waals surface area contributed by atoms with Gasteiger partial charge in [-0.2, -0.15) is 0 Å². The van der Waals surface area contributed by atoms with Crippen LogP contribution >= 0.6 is 11.6 Å². The first kappa shape index (κ1) is 13.5. The van der Waals surface area contributed by atoms with E-state index in [-0.39, 0.29) is 0 Å². The second-order valence-electron chi connectivity index (χ2n) is 4.27. The average molecular weight is 241 g/mol. The number of nitrogens with two attached hydrogens (primary N) is 1. The van der Waals surface area contributed by atoms with Crippen molar-refractivity contribution in [3.63, 3.8) is 0 Å². The Hall–Kier alpha value is -0.570. The highest BCUT2D eigenvalue weighted by atomic mass is 35.5. The minimum atomic E-state index is 0.318. The molecular formula is C13H21ClN2. The van der Waals surface area contributed by atoms with Crippen molar-refractivity contribution in [2.24, 2.45) is 5.84 Å². The van der Waals surface area contributed by atoms with Crippen LogP contribution in [0.25, 0.3) is 0 Å². The van der Waals surface area contributed by atoms with E-state index in [0.717, 1.165) is 19.3 Å². The van der Waals surface area contributed by atoms with E-state index in [1.165, 1.54) is 16.7 Å². The van der Waals surface area contributed by atoms with E-state index >= 15 is 0 Å². The van der Waals surface area contributed by atoms with Crippen molar-refractivity contribution in [3.8, 4) is 0 Å². The van der Waals surface area contributed by atoms with E-state index in [0.29, 0.717) is 11.9 Å². The van der Waals surface area contributed by atoms with Crippen LogP contribution < -0.4 is 11.3 Å². The van der Waals surface area contributed by atoms with Crippen LogP contribution in [0.3, 0.4) is 0 Å². The molecule has 2 nitrogen and oxygen atoms in total. The molecule has 16 heavy (non-hydrogen) atoms. The molecule has 3 N–H and O–H groups in total. The van der Waals surface area contributed by atoms with Crippen molar-refractivity contribution in [2.45, 2.75) is 39.2 Å². The maximum absolute atomic E-state index is 5.70. The summed E-state index contributed by atoms with van der Waals surface area (Å²) < 4.78 is 0. The Morgan fingerprint density at radius 3 is 2.44 bits per heavy atom. The fourth-order valence-electron chi connectivity index (χ4n) is 1.99. The van der Waals surface area contributed by atoms with Crippen molar-refractivity contribution in [2.75, 3.05) is 5.88 Å². The molecule has 1 atom stereocenters. The molecule has 0 aromatic heterocycles. The number of nitrogens with one attached hydrogen (secondary N) is 1. The number of rotatable bonds is 6. The van der Waals surface area contributed by atoms with Gasteiger partial charge in [-0.05, 0) is 49.8 Å². The summed E-state index contributed by atoms with van der Waals surface area (Å²) in [6.45, 7) is 4.30. The quantitative estimate of drug-likeness (QED) is 0.456. The maximum Gasteiger partial charge on any atom is 0.0251 e. The lowest BCUT2D eigenvalue weighted by atomic mass is 9.95. The third-order valence-corrected chi connectivity index (χ3v) is 3.28. The Bertz CT molecular complexity index is 305. The average Bonchev–Trinajstić information content (AvgIpc) is 2.28. The summed E-state index contributed by atoms with van der Waals surface area (Å²) >= 11 is 5.70. The number of aryl methyl sites for hydroxylation is 2. The normalized spacial score (nSPS) is 12.8. The third-order valence-electron chi connectivity index (χ3n) is 3.02. The molecular weight excluding hydrogens is 220 g/mol. The van der Waals surface area contributed by atoms with Crippen molar-refractivity contribution in [1.29, 1.82) is 0 Å². The zero-order chi connectivity index (χ0) is 12.0. The summed E-state index contributed by atoms with van der Waals surface area (Å²) in [4.78, 5) is 0. The Balaban J connectivity index is 2.69. The van der Waals surface area contributed by atoms with Crippen LogP contribution in [0.1, 0.15) is 29.5 Å². The first-order valence-corrected chi connectivity index (χ1v) is 6.29. The third kappa shape index (κ3) is 3.78. The lowest BCUT2D eigenvalue weighted by molar-refractivity contribution is 0.485. The highest BCUT2D eigenvalue weighted by molar-refractivity contribution is 6.17. The number of hydrazine groups is 1. The minimum absolute atomic E-state index is 0.318. The Kier molecular flexibility index (Phi) is 5.81. The SMILES string of the molecule is Cc1cccc(C)c1CC(CCCCl)NN. The van der Waals surface area contributed by atoms with E-state index in [1.54, 1.807) is 0 Å². The predicted octanol–water partition coefficient (Wildman–Crippen LogP) is 2.70. The highest BCUT2D eigenvalue weighted by Crippen LogP contribution is 2.16. The maximum atomic E-state index is 5.70. The summed E-state index contributed by atoms with van der Waals surface area (Å²) in [5.41, 5.74) is 6.96. The molecule has 0 aliphatic heterocycles. The van der Waals surface area contributed by atoms with Gasteiger partial charge in [0.25, 0.3) is 0 Å². The van der Waals surface area contributed by atoms with E-state index in [2.05, 4.69) is 37.5 Å². The van der Waals surface area contributed by atoms with Crippen LogP contribution in [0.15, 0.2) is 18.2 Å². The van der Waals surface area contributed by atoms with Gasteiger partial charge in [0.15, 0.2) is 0 Å². The second-order valence-corrected chi connectivity index (χ2v) is 4.65. The first-order chi connectivity index (χ1) is 7.69. The van der Waals surface area contributed by atoms with Gasteiger partial charge in [0, 0.05) is 11.9 Å². The molecule has 1 unspecified atom stereocenters. The second kappa shape index (κ2) is 6.89. The highest BCUT2D eigenvalue weighted by Gasteiger charge is 2.10. The molecule has 0 spiro atoms. The first-order valence-electron chi connectivity index (χ1n) is 5.76. The molecule has 0 radical (unpaired) electrons. The number of alkyl halides is 1. The van der Waals surface area contributed by atoms with Crippen LogP contribution in [-0.2, 0) is 6.42 Å². The fourth-order valence-corrected chi connectivity index (χ4v) is 2.14. The molecule has 3 heteroatoms. The lowest BCUT2D eigenvalue weighted by Gasteiger charge is -2.18. The molecule has 90 valence electrons.